The van der Waals surface area contributed by atoms with Crippen molar-refractivity contribution < 1.29 is 0 Å². The minimum Gasteiger partial charge on any atom is -0.333 e. The predicted molar refractivity (Wildman–Crippen MR) is 68.7 cm³/mol. The number of rotatable bonds is 2. The van der Waals surface area contributed by atoms with Gasteiger partial charge in [0.15, 0.2) is 0 Å². The van der Waals surface area contributed by atoms with Crippen LogP contribution in [0.1, 0.15) is 44.2 Å². The normalized spacial score (nSPS) is 23.3. The van der Waals surface area contributed by atoms with Crippen LogP contribution in [0, 0.1) is 5.92 Å². The zero-order chi connectivity index (χ0) is 11.5. The molecule has 0 unspecified atom stereocenters. The summed E-state index contributed by atoms with van der Waals surface area (Å²) in [7, 11) is 0. The topological polar surface area (TPSA) is 21.1 Å². The highest BCUT2D eigenvalue weighted by atomic mass is 15.2. The van der Waals surface area contributed by atoms with Gasteiger partial charge in [-0.1, -0.05) is 19.3 Å². The summed E-state index contributed by atoms with van der Waals surface area (Å²) in [4.78, 5) is 6.91. The Hall–Kier alpha value is -0.830. The second-order valence-corrected chi connectivity index (χ2v) is 5.67. The Balaban J connectivity index is 1.60. The molecular formula is C14H23N3. The molecule has 3 nitrogen and oxygen atoms in total. The van der Waals surface area contributed by atoms with Crippen LogP contribution in [0.15, 0.2) is 12.5 Å². The fourth-order valence-electron chi connectivity index (χ4n) is 3.34. The van der Waals surface area contributed by atoms with Crippen molar-refractivity contribution in [2.75, 3.05) is 13.1 Å². The van der Waals surface area contributed by atoms with Crippen molar-refractivity contribution in [3.05, 3.63) is 18.2 Å². The van der Waals surface area contributed by atoms with Crippen molar-refractivity contribution in [3.63, 3.8) is 0 Å². The van der Waals surface area contributed by atoms with Gasteiger partial charge in [-0.3, -0.25) is 4.90 Å². The molecule has 0 atom stereocenters. The van der Waals surface area contributed by atoms with Crippen molar-refractivity contribution >= 4 is 0 Å². The van der Waals surface area contributed by atoms with Gasteiger partial charge in [-0.2, -0.15) is 0 Å². The quantitative estimate of drug-likeness (QED) is 0.783. The molecule has 1 saturated carbocycles. The SMILES string of the molecule is c1ncn2c1CN(CC1CCCCC1)CCC2. The summed E-state index contributed by atoms with van der Waals surface area (Å²) in [5, 5.41) is 0. The molecule has 1 aromatic heterocycles. The molecule has 0 radical (unpaired) electrons. The third-order valence-corrected chi connectivity index (χ3v) is 4.30. The fourth-order valence-corrected chi connectivity index (χ4v) is 3.34. The minimum absolute atomic E-state index is 0.957. The molecule has 94 valence electrons. The Morgan fingerprint density at radius 1 is 1.12 bits per heavy atom. The van der Waals surface area contributed by atoms with Crippen LogP contribution in [0.5, 0.6) is 0 Å². The molecule has 1 aliphatic carbocycles. The van der Waals surface area contributed by atoms with E-state index in [4.69, 9.17) is 0 Å². The van der Waals surface area contributed by atoms with Gasteiger partial charge in [0, 0.05) is 32.4 Å². The molecule has 1 aromatic rings. The third-order valence-electron chi connectivity index (χ3n) is 4.30. The first-order valence-corrected chi connectivity index (χ1v) is 7.13. The number of hydrogen-bond donors (Lipinski definition) is 0. The summed E-state index contributed by atoms with van der Waals surface area (Å²) in [6.45, 7) is 4.83. The first-order chi connectivity index (χ1) is 8.42. The van der Waals surface area contributed by atoms with Crippen LogP contribution in [-0.4, -0.2) is 27.5 Å². The van der Waals surface area contributed by atoms with E-state index in [-0.39, 0.29) is 0 Å². The van der Waals surface area contributed by atoms with Gasteiger partial charge in [0.05, 0.1) is 12.0 Å². The van der Waals surface area contributed by atoms with Crippen LogP contribution in [0.2, 0.25) is 0 Å². The summed E-state index contributed by atoms with van der Waals surface area (Å²) >= 11 is 0. The van der Waals surface area contributed by atoms with Crippen molar-refractivity contribution in [1.82, 2.24) is 14.5 Å². The molecule has 0 saturated heterocycles. The van der Waals surface area contributed by atoms with Gasteiger partial charge < -0.3 is 4.57 Å². The van der Waals surface area contributed by atoms with E-state index in [1.54, 1.807) is 0 Å². The highest BCUT2D eigenvalue weighted by Crippen LogP contribution is 2.25. The average molecular weight is 233 g/mol. The van der Waals surface area contributed by atoms with Crippen LogP contribution >= 0.6 is 0 Å². The number of aromatic nitrogens is 2. The smallest absolute Gasteiger partial charge is 0.0948 e. The van der Waals surface area contributed by atoms with Crippen molar-refractivity contribution in [2.24, 2.45) is 5.92 Å². The van der Waals surface area contributed by atoms with Gasteiger partial charge >= 0.3 is 0 Å². The largest absolute Gasteiger partial charge is 0.333 e. The van der Waals surface area contributed by atoms with E-state index in [1.807, 2.05) is 12.5 Å². The van der Waals surface area contributed by atoms with E-state index >= 15 is 0 Å². The predicted octanol–water partition coefficient (Wildman–Crippen LogP) is 2.67. The second kappa shape index (κ2) is 5.21. The zero-order valence-corrected chi connectivity index (χ0v) is 10.6. The molecule has 3 heteroatoms. The lowest BCUT2D eigenvalue weighted by Crippen LogP contribution is -2.30. The van der Waals surface area contributed by atoms with Crippen LogP contribution in [0.4, 0.5) is 0 Å². The van der Waals surface area contributed by atoms with Crippen molar-refractivity contribution in [3.8, 4) is 0 Å². The monoisotopic (exact) mass is 233 g/mol. The van der Waals surface area contributed by atoms with E-state index in [0.29, 0.717) is 0 Å². The number of imidazole rings is 1. The molecule has 0 bridgehead atoms. The van der Waals surface area contributed by atoms with E-state index in [9.17, 15) is 0 Å². The van der Waals surface area contributed by atoms with Gasteiger partial charge in [-0.25, -0.2) is 4.98 Å². The Labute approximate surface area is 104 Å². The van der Waals surface area contributed by atoms with Crippen LogP contribution < -0.4 is 0 Å². The zero-order valence-electron chi connectivity index (χ0n) is 10.6. The summed E-state index contributed by atoms with van der Waals surface area (Å²) in [6, 6.07) is 0. The Kier molecular flexibility index (Phi) is 3.46. The molecule has 2 aliphatic rings. The Bertz CT molecular complexity index is 352. The molecule has 17 heavy (non-hydrogen) atoms. The number of nitrogens with zero attached hydrogens (tertiary/aromatic N) is 3. The molecule has 0 spiro atoms. The summed E-state index contributed by atoms with van der Waals surface area (Å²) < 4.78 is 2.32. The van der Waals surface area contributed by atoms with Gasteiger partial charge in [0.2, 0.25) is 0 Å². The van der Waals surface area contributed by atoms with Gasteiger partial charge in [0.1, 0.15) is 0 Å². The Morgan fingerprint density at radius 2 is 2.00 bits per heavy atom. The first-order valence-electron chi connectivity index (χ1n) is 7.13. The molecule has 0 aromatic carbocycles. The van der Waals surface area contributed by atoms with E-state index < -0.39 is 0 Å². The van der Waals surface area contributed by atoms with E-state index in [2.05, 4.69) is 14.5 Å². The molecule has 1 fully saturated rings. The van der Waals surface area contributed by atoms with Crippen molar-refractivity contribution in [1.29, 1.82) is 0 Å². The summed E-state index contributed by atoms with van der Waals surface area (Å²) in [5.74, 6) is 0.957. The standard InChI is InChI=1S/C14H23N3/c1-2-5-13(6-3-1)10-16-7-4-8-17-12-15-9-14(17)11-16/h9,12-13H,1-8,10-11H2. The lowest BCUT2D eigenvalue weighted by atomic mass is 9.89. The maximum atomic E-state index is 4.26. The second-order valence-electron chi connectivity index (χ2n) is 5.67. The molecular weight excluding hydrogens is 210 g/mol. The number of hydrogen-bond acceptors (Lipinski definition) is 2. The first kappa shape index (κ1) is 11.3. The molecule has 0 amide bonds. The number of aryl methyl sites for hydroxylation is 1. The highest BCUT2D eigenvalue weighted by Gasteiger charge is 2.19. The van der Waals surface area contributed by atoms with Gasteiger partial charge in [-0.05, 0) is 25.2 Å². The summed E-state index contributed by atoms with van der Waals surface area (Å²) in [5.41, 5.74) is 1.40. The fraction of sp³-hybridized carbons (Fsp3) is 0.786. The molecule has 1 aliphatic heterocycles. The van der Waals surface area contributed by atoms with Gasteiger partial charge in [0.25, 0.3) is 0 Å². The van der Waals surface area contributed by atoms with Crippen LogP contribution in [0.25, 0.3) is 0 Å². The average Bonchev–Trinajstić information content (AvgIpc) is 2.70. The summed E-state index contributed by atoms with van der Waals surface area (Å²) in [6.07, 6.45) is 12.6. The maximum Gasteiger partial charge on any atom is 0.0948 e. The van der Waals surface area contributed by atoms with Crippen molar-refractivity contribution in [2.45, 2.75) is 51.6 Å². The molecule has 3 rings (SSSR count). The molecule has 0 N–H and O–H groups in total. The lowest BCUT2D eigenvalue weighted by Gasteiger charge is -2.28. The van der Waals surface area contributed by atoms with Crippen LogP contribution in [-0.2, 0) is 13.1 Å². The van der Waals surface area contributed by atoms with Crippen LogP contribution in [0.3, 0.4) is 0 Å². The highest BCUT2D eigenvalue weighted by molar-refractivity contribution is 4.99. The van der Waals surface area contributed by atoms with E-state index in [1.165, 1.54) is 57.3 Å². The third kappa shape index (κ3) is 2.71. The minimum atomic E-state index is 0.957. The maximum absolute atomic E-state index is 4.26. The lowest BCUT2D eigenvalue weighted by molar-refractivity contribution is 0.196. The molecule has 2 heterocycles. The Morgan fingerprint density at radius 3 is 2.88 bits per heavy atom. The number of fused-ring (bicyclic) bond motifs is 1. The van der Waals surface area contributed by atoms with Gasteiger partial charge in [-0.15, -0.1) is 0 Å². The van der Waals surface area contributed by atoms with E-state index in [0.717, 1.165) is 19.0 Å².